The Labute approximate surface area is 130 Å². The zero-order chi connectivity index (χ0) is 12.9. The molecular weight excluding hydrogens is 357 g/mol. The lowest BCUT2D eigenvalue weighted by Gasteiger charge is -2.38. The molecule has 0 saturated heterocycles. The molecular formula is C14H18INO3. The minimum absolute atomic E-state index is 0. The SMILES string of the molecule is CC(=O)C1C[N+](C)(C)Cc2cc3c(cc21)OCO3.[I-]. The van der Waals surface area contributed by atoms with Crippen LogP contribution in [0.4, 0.5) is 0 Å². The highest BCUT2D eigenvalue weighted by molar-refractivity contribution is 5.84. The molecule has 2 aliphatic rings. The second-order valence-electron chi connectivity index (χ2n) is 5.84. The van der Waals surface area contributed by atoms with Gasteiger partial charge in [0.1, 0.15) is 12.3 Å². The second kappa shape index (κ2) is 4.94. The van der Waals surface area contributed by atoms with Crippen LogP contribution in [-0.4, -0.2) is 37.7 Å². The summed E-state index contributed by atoms with van der Waals surface area (Å²) >= 11 is 0. The average molecular weight is 375 g/mol. The molecule has 4 nitrogen and oxygen atoms in total. The summed E-state index contributed by atoms with van der Waals surface area (Å²) in [5, 5.41) is 0. The van der Waals surface area contributed by atoms with Crippen LogP contribution in [0.2, 0.25) is 0 Å². The number of Topliss-reactive ketones (excluding diaryl/α,β-unsaturated/α-hetero) is 1. The predicted octanol–water partition coefficient (Wildman–Crippen LogP) is -1.32. The molecule has 0 N–H and O–H groups in total. The van der Waals surface area contributed by atoms with Gasteiger partial charge in [0.2, 0.25) is 6.79 Å². The summed E-state index contributed by atoms with van der Waals surface area (Å²) in [6, 6.07) is 4.02. The standard InChI is InChI=1S/C14H18NO3.HI/c1-9(16)12-7-15(2,3)6-10-4-13-14(5-11(10)12)18-8-17-13;/h4-5,12H,6-8H2,1-3H3;1H/q+1;/p-1. The number of halogens is 1. The minimum Gasteiger partial charge on any atom is -1.00 e. The van der Waals surface area contributed by atoms with Crippen molar-refractivity contribution >= 4 is 5.78 Å². The fourth-order valence-electron chi connectivity index (χ4n) is 2.93. The lowest BCUT2D eigenvalue weighted by Crippen LogP contribution is -3.00. The molecule has 0 saturated carbocycles. The molecule has 1 aromatic carbocycles. The Morgan fingerprint density at radius 2 is 1.89 bits per heavy atom. The van der Waals surface area contributed by atoms with Crippen LogP contribution in [0.3, 0.4) is 0 Å². The highest BCUT2D eigenvalue weighted by Gasteiger charge is 2.36. The number of rotatable bonds is 1. The third kappa shape index (κ3) is 2.58. The van der Waals surface area contributed by atoms with Crippen molar-refractivity contribution in [2.24, 2.45) is 0 Å². The summed E-state index contributed by atoms with van der Waals surface area (Å²) < 4.78 is 11.7. The van der Waals surface area contributed by atoms with E-state index in [0.717, 1.165) is 34.6 Å². The predicted molar refractivity (Wildman–Crippen MR) is 66.7 cm³/mol. The molecule has 0 spiro atoms. The normalized spacial score (nSPS) is 22.4. The number of hydrogen-bond acceptors (Lipinski definition) is 3. The molecule has 2 heterocycles. The topological polar surface area (TPSA) is 35.5 Å². The molecule has 0 amide bonds. The van der Waals surface area contributed by atoms with Crippen molar-refractivity contribution in [3.8, 4) is 11.5 Å². The Morgan fingerprint density at radius 3 is 2.53 bits per heavy atom. The molecule has 19 heavy (non-hydrogen) atoms. The van der Waals surface area contributed by atoms with E-state index in [2.05, 4.69) is 14.1 Å². The van der Waals surface area contributed by atoms with Gasteiger partial charge in [0.25, 0.3) is 0 Å². The maximum atomic E-state index is 11.9. The lowest BCUT2D eigenvalue weighted by atomic mass is 9.86. The van der Waals surface area contributed by atoms with Gasteiger partial charge < -0.3 is 37.9 Å². The first kappa shape index (κ1) is 14.6. The first-order valence-corrected chi connectivity index (χ1v) is 6.21. The zero-order valence-corrected chi connectivity index (χ0v) is 13.6. The van der Waals surface area contributed by atoms with E-state index in [1.54, 1.807) is 6.92 Å². The van der Waals surface area contributed by atoms with Gasteiger partial charge in [0.05, 0.1) is 26.6 Å². The molecule has 0 aliphatic carbocycles. The molecule has 1 unspecified atom stereocenters. The molecule has 0 radical (unpaired) electrons. The third-order valence-corrected chi connectivity index (χ3v) is 3.78. The molecule has 3 rings (SSSR count). The number of ether oxygens (including phenoxy) is 2. The van der Waals surface area contributed by atoms with E-state index >= 15 is 0 Å². The number of hydrogen-bond donors (Lipinski definition) is 0. The molecule has 1 aromatic rings. The fourth-order valence-corrected chi connectivity index (χ4v) is 2.93. The Bertz CT molecular complexity index is 528. The van der Waals surface area contributed by atoms with Crippen LogP contribution in [-0.2, 0) is 11.3 Å². The van der Waals surface area contributed by atoms with Gasteiger partial charge in [-0.05, 0) is 24.6 Å². The number of carbonyl (C=O) groups excluding carboxylic acids is 1. The number of ketones is 1. The summed E-state index contributed by atoms with van der Waals surface area (Å²) in [6.45, 7) is 3.73. The smallest absolute Gasteiger partial charge is 0.231 e. The van der Waals surface area contributed by atoms with Gasteiger partial charge in [0, 0.05) is 5.56 Å². The van der Waals surface area contributed by atoms with Crippen molar-refractivity contribution in [1.29, 1.82) is 0 Å². The third-order valence-electron chi connectivity index (χ3n) is 3.78. The number of benzene rings is 1. The lowest BCUT2D eigenvalue weighted by molar-refractivity contribution is -0.906. The largest absolute Gasteiger partial charge is 1.00 e. The van der Waals surface area contributed by atoms with Gasteiger partial charge in [0.15, 0.2) is 11.5 Å². The maximum absolute atomic E-state index is 11.9. The molecule has 5 heteroatoms. The van der Waals surface area contributed by atoms with E-state index < -0.39 is 0 Å². The van der Waals surface area contributed by atoms with Crippen LogP contribution in [0.15, 0.2) is 12.1 Å². The van der Waals surface area contributed by atoms with Crippen molar-refractivity contribution in [3.05, 3.63) is 23.3 Å². The van der Waals surface area contributed by atoms with Gasteiger partial charge in [-0.25, -0.2) is 0 Å². The van der Waals surface area contributed by atoms with E-state index in [-0.39, 0.29) is 42.5 Å². The van der Waals surface area contributed by atoms with Gasteiger partial charge in [-0.3, -0.25) is 4.79 Å². The molecule has 2 aliphatic heterocycles. The Hall–Kier alpha value is -0.820. The Balaban J connectivity index is 0.00000133. The summed E-state index contributed by atoms with van der Waals surface area (Å²) in [5.41, 5.74) is 2.32. The van der Waals surface area contributed by atoms with E-state index in [1.807, 2.05) is 12.1 Å². The van der Waals surface area contributed by atoms with Crippen LogP contribution in [0.1, 0.15) is 24.0 Å². The number of nitrogens with zero attached hydrogens (tertiary/aromatic N) is 1. The highest BCUT2D eigenvalue weighted by atomic mass is 127. The van der Waals surface area contributed by atoms with Crippen molar-refractivity contribution in [2.45, 2.75) is 19.4 Å². The van der Waals surface area contributed by atoms with E-state index in [4.69, 9.17) is 9.47 Å². The monoisotopic (exact) mass is 375 g/mol. The van der Waals surface area contributed by atoms with Crippen LogP contribution < -0.4 is 33.5 Å². The van der Waals surface area contributed by atoms with Crippen molar-refractivity contribution in [1.82, 2.24) is 0 Å². The molecule has 0 bridgehead atoms. The molecule has 0 fully saturated rings. The van der Waals surface area contributed by atoms with Crippen molar-refractivity contribution in [3.63, 3.8) is 0 Å². The second-order valence-corrected chi connectivity index (χ2v) is 5.84. The number of carbonyl (C=O) groups is 1. The summed E-state index contributed by atoms with van der Waals surface area (Å²) in [6.07, 6.45) is 0. The number of quaternary nitrogens is 1. The summed E-state index contributed by atoms with van der Waals surface area (Å²) in [5.74, 6) is 1.77. The summed E-state index contributed by atoms with van der Waals surface area (Å²) in [4.78, 5) is 11.9. The van der Waals surface area contributed by atoms with Crippen molar-refractivity contribution < 1.29 is 42.7 Å². The van der Waals surface area contributed by atoms with E-state index in [9.17, 15) is 4.79 Å². The molecule has 1 atom stereocenters. The van der Waals surface area contributed by atoms with E-state index in [1.165, 1.54) is 5.56 Å². The Kier molecular flexibility index (Phi) is 3.79. The Morgan fingerprint density at radius 1 is 1.26 bits per heavy atom. The summed E-state index contributed by atoms with van der Waals surface area (Å²) in [7, 11) is 4.31. The molecule has 104 valence electrons. The van der Waals surface area contributed by atoms with Gasteiger partial charge in [-0.1, -0.05) is 0 Å². The van der Waals surface area contributed by atoms with Crippen LogP contribution in [0.25, 0.3) is 0 Å². The van der Waals surface area contributed by atoms with Crippen LogP contribution >= 0.6 is 0 Å². The minimum atomic E-state index is -0.0294. The van der Waals surface area contributed by atoms with Gasteiger partial charge in [-0.2, -0.15) is 0 Å². The van der Waals surface area contributed by atoms with Crippen LogP contribution in [0, 0.1) is 0 Å². The van der Waals surface area contributed by atoms with E-state index in [0.29, 0.717) is 0 Å². The fraction of sp³-hybridized carbons (Fsp3) is 0.500. The number of fused-ring (bicyclic) bond motifs is 2. The van der Waals surface area contributed by atoms with Crippen LogP contribution in [0.5, 0.6) is 11.5 Å². The first-order valence-electron chi connectivity index (χ1n) is 6.21. The highest BCUT2D eigenvalue weighted by Crippen LogP contribution is 2.41. The van der Waals surface area contributed by atoms with Gasteiger partial charge >= 0.3 is 0 Å². The zero-order valence-electron chi connectivity index (χ0n) is 11.4. The van der Waals surface area contributed by atoms with Gasteiger partial charge in [-0.15, -0.1) is 0 Å². The quantitative estimate of drug-likeness (QED) is 0.452. The average Bonchev–Trinajstić information content (AvgIpc) is 2.70. The molecule has 0 aromatic heterocycles. The maximum Gasteiger partial charge on any atom is 0.231 e. The number of likely N-dealkylation sites (N-methyl/N-ethyl adjacent to an activating group) is 1. The van der Waals surface area contributed by atoms with Crippen molar-refractivity contribution in [2.75, 3.05) is 27.4 Å². The first-order chi connectivity index (χ1) is 8.46.